The zero-order chi connectivity index (χ0) is 11.7. The average molecular weight is 251 g/mol. The first-order valence-corrected chi connectivity index (χ1v) is 6.14. The first kappa shape index (κ1) is 11.4. The fourth-order valence-electron chi connectivity index (χ4n) is 1.58. The number of hydrogen-bond acceptors (Lipinski definition) is 2. The zero-order valence-corrected chi connectivity index (χ0v) is 10.7. The number of halogens is 1. The van der Waals surface area contributed by atoms with Crippen molar-refractivity contribution in [2.75, 3.05) is 0 Å². The van der Waals surface area contributed by atoms with Crippen molar-refractivity contribution in [1.29, 1.82) is 0 Å². The van der Waals surface area contributed by atoms with Crippen LogP contribution in [0.5, 0.6) is 0 Å². The molecule has 0 saturated carbocycles. The third-order valence-corrected chi connectivity index (χ3v) is 3.86. The van der Waals surface area contributed by atoms with Crippen LogP contribution in [0.3, 0.4) is 0 Å². The molecule has 2 aromatic rings. The van der Waals surface area contributed by atoms with Crippen molar-refractivity contribution in [2.45, 2.75) is 13.8 Å². The summed E-state index contributed by atoms with van der Waals surface area (Å²) in [7, 11) is 0. The molecule has 2 rings (SSSR count). The molecule has 1 aromatic heterocycles. The minimum absolute atomic E-state index is 0.114. The molecule has 0 unspecified atom stereocenters. The van der Waals surface area contributed by atoms with Crippen LogP contribution < -0.4 is 0 Å². The number of ketones is 1. The van der Waals surface area contributed by atoms with E-state index >= 15 is 0 Å². The van der Waals surface area contributed by atoms with Crippen molar-refractivity contribution >= 4 is 28.7 Å². The van der Waals surface area contributed by atoms with Crippen molar-refractivity contribution in [3.05, 3.63) is 45.8 Å². The van der Waals surface area contributed by atoms with Gasteiger partial charge in [0.05, 0.1) is 4.88 Å². The predicted molar refractivity (Wildman–Crippen MR) is 69.5 cm³/mol. The van der Waals surface area contributed by atoms with Crippen LogP contribution >= 0.6 is 22.9 Å². The third-order valence-electron chi connectivity index (χ3n) is 2.41. The summed E-state index contributed by atoms with van der Waals surface area (Å²) in [4.78, 5) is 13.1. The van der Waals surface area contributed by atoms with Crippen LogP contribution in [0.1, 0.15) is 22.2 Å². The van der Waals surface area contributed by atoms with E-state index in [-0.39, 0.29) is 5.78 Å². The summed E-state index contributed by atoms with van der Waals surface area (Å²) in [6.07, 6.45) is 0. The van der Waals surface area contributed by atoms with Crippen molar-refractivity contribution < 1.29 is 4.79 Å². The second-order valence-corrected chi connectivity index (χ2v) is 5.20. The van der Waals surface area contributed by atoms with E-state index in [0.29, 0.717) is 0 Å². The van der Waals surface area contributed by atoms with E-state index in [0.717, 1.165) is 25.9 Å². The maximum absolute atomic E-state index is 11.2. The van der Waals surface area contributed by atoms with Crippen LogP contribution in [0.15, 0.2) is 30.3 Å². The van der Waals surface area contributed by atoms with Gasteiger partial charge in [-0.05, 0) is 49.2 Å². The van der Waals surface area contributed by atoms with Gasteiger partial charge >= 0.3 is 0 Å². The molecule has 0 fully saturated rings. The molecule has 0 amide bonds. The molecule has 1 aromatic carbocycles. The Balaban J connectivity index is 2.46. The molecule has 0 radical (unpaired) electrons. The number of carbonyl (C=O) groups excluding carboxylic acids is 1. The number of hydrogen-bond donors (Lipinski definition) is 0. The highest BCUT2D eigenvalue weighted by Crippen LogP contribution is 2.31. The standard InChI is InChI=1S/C13H11ClOS/c1-8-7-10(14)3-4-11(8)13-6-5-12(16-13)9(2)15/h3-7H,1-2H3. The Morgan fingerprint density at radius 3 is 2.56 bits per heavy atom. The average Bonchev–Trinajstić information content (AvgIpc) is 2.66. The van der Waals surface area contributed by atoms with Crippen molar-refractivity contribution in [2.24, 2.45) is 0 Å². The molecular weight excluding hydrogens is 240 g/mol. The summed E-state index contributed by atoms with van der Waals surface area (Å²) in [5, 5.41) is 0.740. The fraction of sp³-hybridized carbons (Fsp3) is 0.154. The lowest BCUT2D eigenvalue weighted by molar-refractivity contribution is 0.102. The van der Waals surface area contributed by atoms with E-state index in [4.69, 9.17) is 11.6 Å². The first-order chi connectivity index (χ1) is 7.58. The van der Waals surface area contributed by atoms with Crippen molar-refractivity contribution in [1.82, 2.24) is 0 Å². The molecule has 0 aliphatic carbocycles. The number of aryl methyl sites for hydroxylation is 1. The first-order valence-electron chi connectivity index (χ1n) is 4.95. The summed E-state index contributed by atoms with van der Waals surface area (Å²) in [5.74, 6) is 0.114. The van der Waals surface area contributed by atoms with Gasteiger partial charge in [0, 0.05) is 9.90 Å². The van der Waals surface area contributed by atoms with Gasteiger partial charge < -0.3 is 0 Å². The SMILES string of the molecule is CC(=O)c1ccc(-c2ccc(Cl)cc2C)s1. The second kappa shape index (κ2) is 4.40. The van der Waals surface area contributed by atoms with Crippen molar-refractivity contribution in [3.63, 3.8) is 0 Å². The molecule has 3 heteroatoms. The van der Waals surface area contributed by atoms with Crippen LogP contribution in [0, 0.1) is 6.92 Å². The Bertz CT molecular complexity index is 543. The van der Waals surface area contributed by atoms with Crippen LogP contribution in [-0.2, 0) is 0 Å². The molecule has 0 aliphatic rings. The normalized spacial score (nSPS) is 10.4. The van der Waals surface area contributed by atoms with Crippen LogP contribution in [0.4, 0.5) is 0 Å². The molecule has 0 spiro atoms. The summed E-state index contributed by atoms with van der Waals surface area (Å²) in [6, 6.07) is 9.66. The van der Waals surface area contributed by atoms with Gasteiger partial charge in [-0.25, -0.2) is 0 Å². The lowest BCUT2D eigenvalue weighted by Crippen LogP contribution is -1.83. The van der Waals surface area contributed by atoms with Gasteiger partial charge in [-0.3, -0.25) is 4.79 Å². The van der Waals surface area contributed by atoms with Crippen LogP contribution in [0.25, 0.3) is 10.4 Å². The van der Waals surface area contributed by atoms with Gasteiger partial charge in [-0.15, -0.1) is 11.3 Å². The lowest BCUT2D eigenvalue weighted by atomic mass is 10.1. The summed E-state index contributed by atoms with van der Waals surface area (Å²) < 4.78 is 0. The molecule has 16 heavy (non-hydrogen) atoms. The Morgan fingerprint density at radius 2 is 2.00 bits per heavy atom. The number of benzene rings is 1. The zero-order valence-electron chi connectivity index (χ0n) is 9.08. The Kier molecular flexibility index (Phi) is 3.13. The summed E-state index contributed by atoms with van der Waals surface area (Å²) >= 11 is 7.43. The van der Waals surface area contributed by atoms with Gasteiger partial charge in [-0.2, -0.15) is 0 Å². The molecule has 0 saturated heterocycles. The van der Waals surface area contributed by atoms with E-state index in [9.17, 15) is 4.79 Å². The summed E-state index contributed by atoms with van der Waals surface area (Å²) in [6.45, 7) is 3.61. The Morgan fingerprint density at radius 1 is 1.25 bits per heavy atom. The van der Waals surface area contributed by atoms with Gasteiger partial charge in [0.1, 0.15) is 0 Å². The lowest BCUT2D eigenvalue weighted by Gasteiger charge is -2.02. The summed E-state index contributed by atoms with van der Waals surface area (Å²) in [5.41, 5.74) is 2.27. The third kappa shape index (κ3) is 2.18. The van der Waals surface area contributed by atoms with Gasteiger partial charge in [0.2, 0.25) is 0 Å². The highest BCUT2D eigenvalue weighted by atomic mass is 35.5. The van der Waals surface area contributed by atoms with E-state index in [1.165, 1.54) is 11.3 Å². The van der Waals surface area contributed by atoms with E-state index in [1.807, 2.05) is 37.3 Å². The van der Waals surface area contributed by atoms with E-state index in [1.54, 1.807) is 6.92 Å². The number of Topliss-reactive ketones (excluding diaryl/α,β-unsaturated/α-hetero) is 1. The number of rotatable bonds is 2. The van der Waals surface area contributed by atoms with E-state index in [2.05, 4.69) is 0 Å². The molecule has 0 bridgehead atoms. The molecule has 1 nitrogen and oxygen atoms in total. The van der Waals surface area contributed by atoms with E-state index < -0.39 is 0 Å². The topological polar surface area (TPSA) is 17.1 Å². The quantitative estimate of drug-likeness (QED) is 0.713. The largest absolute Gasteiger partial charge is 0.294 e. The van der Waals surface area contributed by atoms with Gasteiger partial charge in [0.15, 0.2) is 5.78 Å². The maximum atomic E-state index is 11.2. The predicted octanol–water partition coefficient (Wildman–Crippen LogP) is 4.58. The van der Waals surface area contributed by atoms with Gasteiger partial charge in [0.25, 0.3) is 0 Å². The number of carbonyl (C=O) groups is 1. The number of thiophene rings is 1. The fourth-order valence-corrected chi connectivity index (χ4v) is 2.79. The molecular formula is C13H11ClOS. The van der Waals surface area contributed by atoms with Gasteiger partial charge in [-0.1, -0.05) is 17.7 Å². The Hall–Kier alpha value is -1.12. The highest BCUT2D eigenvalue weighted by Gasteiger charge is 2.08. The smallest absolute Gasteiger partial charge is 0.169 e. The van der Waals surface area contributed by atoms with Crippen molar-refractivity contribution in [3.8, 4) is 10.4 Å². The minimum Gasteiger partial charge on any atom is -0.294 e. The monoisotopic (exact) mass is 250 g/mol. The van der Waals surface area contributed by atoms with Crippen LogP contribution in [0.2, 0.25) is 5.02 Å². The maximum Gasteiger partial charge on any atom is 0.169 e. The highest BCUT2D eigenvalue weighted by molar-refractivity contribution is 7.17. The Labute approximate surface area is 104 Å². The molecule has 0 aliphatic heterocycles. The molecule has 82 valence electrons. The molecule has 0 N–H and O–H groups in total. The molecule has 1 heterocycles. The second-order valence-electron chi connectivity index (χ2n) is 3.68. The minimum atomic E-state index is 0.114. The van der Waals surface area contributed by atoms with Crippen LogP contribution in [-0.4, -0.2) is 5.78 Å². The molecule has 0 atom stereocenters.